The Bertz CT molecular complexity index is 1820. The van der Waals surface area contributed by atoms with Crippen LogP contribution >= 0.6 is 0 Å². The molecule has 272 valence electrons. The number of benzene rings is 2. The van der Waals surface area contributed by atoms with E-state index in [0.717, 1.165) is 16.5 Å². The van der Waals surface area contributed by atoms with Crippen LogP contribution in [0.2, 0.25) is 0 Å². The number of anilines is 1. The third-order valence-electron chi connectivity index (χ3n) is 8.63. The van der Waals surface area contributed by atoms with Crippen LogP contribution in [-0.2, 0) is 35.2 Å². The molecule has 0 aliphatic carbocycles. The number of nitrogens with zero attached hydrogens (tertiary/aromatic N) is 1. The second-order valence-electron chi connectivity index (χ2n) is 13.3. The van der Waals surface area contributed by atoms with Gasteiger partial charge in [-0.3, -0.25) is 28.8 Å². The maximum absolute atomic E-state index is 13.9. The van der Waals surface area contributed by atoms with Crippen LogP contribution in [0.15, 0.2) is 63.8 Å². The van der Waals surface area contributed by atoms with Gasteiger partial charge in [-0.2, -0.15) is 0 Å². The van der Waals surface area contributed by atoms with E-state index in [0.29, 0.717) is 24.1 Å². The Balaban J connectivity index is 1.49. The number of carboxylic acids is 1. The molecule has 4 atom stereocenters. The van der Waals surface area contributed by atoms with Crippen LogP contribution in [0.4, 0.5) is 5.69 Å². The highest BCUT2D eigenvalue weighted by Crippen LogP contribution is 2.23. The van der Waals surface area contributed by atoms with Gasteiger partial charge in [-0.05, 0) is 62.3 Å². The van der Waals surface area contributed by atoms with Gasteiger partial charge < -0.3 is 35.7 Å². The van der Waals surface area contributed by atoms with Crippen molar-refractivity contribution in [1.82, 2.24) is 20.9 Å². The minimum absolute atomic E-state index is 0.0133. The van der Waals surface area contributed by atoms with Crippen molar-refractivity contribution < 1.29 is 38.3 Å². The van der Waals surface area contributed by atoms with Crippen LogP contribution in [0.5, 0.6) is 0 Å². The number of hydrogen-bond acceptors (Lipinski definition) is 8. The average molecular weight is 704 g/mol. The maximum atomic E-state index is 13.9. The highest BCUT2D eigenvalue weighted by Gasteiger charge is 2.39. The zero-order valence-corrected chi connectivity index (χ0v) is 29.2. The fourth-order valence-electron chi connectivity index (χ4n) is 6.05. The molecule has 5 N–H and O–H groups in total. The summed E-state index contributed by atoms with van der Waals surface area (Å²) in [6.07, 6.45) is 0.611. The Kier molecular flexibility index (Phi) is 13.1. The molecule has 14 heteroatoms. The van der Waals surface area contributed by atoms with Crippen molar-refractivity contribution in [2.75, 3.05) is 11.9 Å². The van der Waals surface area contributed by atoms with E-state index in [1.807, 2.05) is 44.2 Å². The Hall–Kier alpha value is -5.53. The summed E-state index contributed by atoms with van der Waals surface area (Å²) in [6, 6.07) is 11.5. The van der Waals surface area contributed by atoms with E-state index in [1.54, 1.807) is 25.1 Å². The Morgan fingerprint density at radius 1 is 0.902 bits per heavy atom. The van der Waals surface area contributed by atoms with E-state index in [2.05, 4.69) is 21.3 Å². The number of nitrogens with one attached hydrogen (secondary N) is 4. The van der Waals surface area contributed by atoms with Gasteiger partial charge in [0.2, 0.25) is 29.5 Å². The molecule has 4 rings (SSSR count). The second kappa shape index (κ2) is 17.4. The molecule has 1 aliphatic rings. The predicted octanol–water partition coefficient (Wildman–Crippen LogP) is 2.66. The molecule has 0 bridgehead atoms. The maximum Gasteiger partial charge on any atom is 0.336 e. The first-order valence-corrected chi connectivity index (χ1v) is 17.0. The number of amides is 5. The molecule has 14 nitrogen and oxygen atoms in total. The molecule has 1 fully saturated rings. The number of carboxylic acid groups (broad SMARTS) is 1. The summed E-state index contributed by atoms with van der Waals surface area (Å²) in [5, 5.41) is 20.4. The lowest BCUT2D eigenvalue weighted by Gasteiger charge is -2.31. The van der Waals surface area contributed by atoms with E-state index < -0.39 is 65.3 Å². The third kappa shape index (κ3) is 10.7. The number of aryl methyl sites for hydroxylation is 1. The van der Waals surface area contributed by atoms with Gasteiger partial charge in [0.25, 0.3) is 0 Å². The van der Waals surface area contributed by atoms with Gasteiger partial charge in [-0.1, -0.05) is 44.2 Å². The van der Waals surface area contributed by atoms with Gasteiger partial charge >= 0.3 is 11.6 Å². The number of rotatable bonds is 15. The van der Waals surface area contributed by atoms with E-state index in [-0.39, 0.29) is 38.1 Å². The fraction of sp³-hybridized carbons (Fsp3) is 0.432. The third-order valence-corrected chi connectivity index (χ3v) is 8.63. The summed E-state index contributed by atoms with van der Waals surface area (Å²) < 4.78 is 5.32. The quantitative estimate of drug-likeness (QED) is 0.147. The molecule has 1 saturated heterocycles. The lowest BCUT2D eigenvalue weighted by Crippen LogP contribution is -2.57. The zero-order chi connectivity index (χ0) is 37.2. The summed E-state index contributed by atoms with van der Waals surface area (Å²) in [5.41, 5.74) is 1.68. The van der Waals surface area contributed by atoms with Gasteiger partial charge in [0, 0.05) is 42.6 Å². The number of aliphatic carboxylic acids is 1. The van der Waals surface area contributed by atoms with Crippen molar-refractivity contribution in [2.45, 2.75) is 90.4 Å². The Labute approximate surface area is 295 Å². The van der Waals surface area contributed by atoms with Gasteiger partial charge in [-0.15, -0.1) is 0 Å². The van der Waals surface area contributed by atoms with Crippen LogP contribution in [0.25, 0.3) is 11.0 Å². The smallest absolute Gasteiger partial charge is 0.336 e. The van der Waals surface area contributed by atoms with Crippen molar-refractivity contribution in [1.29, 1.82) is 0 Å². The molecule has 0 spiro atoms. The normalized spacial score (nSPS) is 15.9. The summed E-state index contributed by atoms with van der Waals surface area (Å²) in [5.74, 6) is -3.89. The molecule has 1 aromatic heterocycles. The Morgan fingerprint density at radius 3 is 2.31 bits per heavy atom. The SMILES string of the molecule is Cc1cc(=O)oc2cc(NC(=O)C(Cc3ccccc3)NC(=O)C3CCCN3C(=O)C(CC(C)C)NC(=O)C(C)NC(=O)CCC(=O)O)ccc12. The first-order valence-electron chi connectivity index (χ1n) is 17.0. The van der Waals surface area contributed by atoms with Crippen molar-refractivity contribution >= 4 is 52.2 Å². The minimum atomic E-state index is -1.14. The molecule has 51 heavy (non-hydrogen) atoms. The lowest BCUT2D eigenvalue weighted by atomic mass is 10.0. The number of fused-ring (bicyclic) bond motifs is 1. The van der Waals surface area contributed by atoms with E-state index in [9.17, 15) is 33.6 Å². The molecule has 5 amide bonds. The molecule has 0 radical (unpaired) electrons. The van der Waals surface area contributed by atoms with E-state index in [4.69, 9.17) is 9.52 Å². The molecular formula is C37H45N5O9. The van der Waals surface area contributed by atoms with Gasteiger partial charge in [0.1, 0.15) is 29.8 Å². The van der Waals surface area contributed by atoms with E-state index in [1.165, 1.54) is 17.9 Å². The average Bonchev–Trinajstić information content (AvgIpc) is 3.57. The first-order chi connectivity index (χ1) is 24.2. The number of likely N-dealkylation sites (tertiary alicyclic amines) is 1. The second-order valence-corrected chi connectivity index (χ2v) is 13.3. The molecule has 4 unspecified atom stereocenters. The van der Waals surface area contributed by atoms with Crippen LogP contribution in [0.1, 0.15) is 64.0 Å². The summed E-state index contributed by atoms with van der Waals surface area (Å²) in [4.78, 5) is 90.8. The van der Waals surface area contributed by atoms with Crippen LogP contribution in [0, 0.1) is 12.8 Å². The van der Waals surface area contributed by atoms with Crippen molar-refractivity contribution in [3.8, 4) is 0 Å². The lowest BCUT2D eigenvalue weighted by molar-refractivity contribution is -0.142. The molecule has 2 aromatic carbocycles. The van der Waals surface area contributed by atoms with Gasteiger partial charge in [-0.25, -0.2) is 4.79 Å². The summed E-state index contributed by atoms with van der Waals surface area (Å²) >= 11 is 0. The number of carbonyl (C=O) groups excluding carboxylic acids is 5. The van der Waals surface area contributed by atoms with Crippen molar-refractivity contribution in [3.63, 3.8) is 0 Å². The van der Waals surface area contributed by atoms with Gasteiger partial charge in [0.05, 0.1) is 6.42 Å². The van der Waals surface area contributed by atoms with Crippen LogP contribution in [0.3, 0.4) is 0 Å². The molecular weight excluding hydrogens is 658 g/mol. The largest absolute Gasteiger partial charge is 0.481 e. The number of carbonyl (C=O) groups is 6. The minimum Gasteiger partial charge on any atom is -0.481 e. The highest BCUT2D eigenvalue weighted by atomic mass is 16.4. The number of hydrogen-bond donors (Lipinski definition) is 5. The fourth-order valence-corrected chi connectivity index (χ4v) is 6.05. The predicted molar refractivity (Wildman–Crippen MR) is 189 cm³/mol. The zero-order valence-electron chi connectivity index (χ0n) is 29.2. The van der Waals surface area contributed by atoms with Gasteiger partial charge in [0.15, 0.2) is 0 Å². The van der Waals surface area contributed by atoms with Crippen molar-refractivity contribution in [3.05, 3.63) is 76.1 Å². The molecule has 1 aliphatic heterocycles. The van der Waals surface area contributed by atoms with Crippen LogP contribution < -0.4 is 26.9 Å². The summed E-state index contributed by atoms with van der Waals surface area (Å²) in [7, 11) is 0. The monoisotopic (exact) mass is 703 g/mol. The standard InChI is InChI=1S/C37H45N5O9/c1-21(2)17-28(41-34(47)23(4)38-31(43)14-15-32(44)45)37(50)42-16-8-11-29(42)36(49)40-27(19-24-9-6-5-7-10-24)35(48)39-25-12-13-26-22(3)18-33(46)51-30(26)20-25/h5-7,9-10,12-13,18,20-21,23,27-29H,8,11,14-17,19H2,1-4H3,(H,38,43)(H,39,48)(H,40,49)(H,41,47)(H,44,45). The molecule has 0 saturated carbocycles. The first kappa shape index (κ1) is 38.3. The topological polar surface area (TPSA) is 204 Å². The van der Waals surface area contributed by atoms with Crippen LogP contribution in [-0.4, -0.2) is 76.2 Å². The molecule has 3 aromatic rings. The summed E-state index contributed by atoms with van der Waals surface area (Å²) in [6.45, 7) is 7.25. The highest BCUT2D eigenvalue weighted by molar-refractivity contribution is 6.00. The molecule has 2 heterocycles. The van der Waals surface area contributed by atoms with Crippen molar-refractivity contribution in [2.24, 2.45) is 5.92 Å². The van der Waals surface area contributed by atoms with E-state index >= 15 is 0 Å². The Morgan fingerprint density at radius 2 is 1.63 bits per heavy atom.